The molecule has 4 aliphatic heterocycles. The average molecular weight is 502 g/mol. The van der Waals surface area contributed by atoms with Crippen LogP contribution in [0.2, 0.25) is 0 Å². The lowest BCUT2D eigenvalue weighted by molar-refractivity contribution is -0.152. The van der Waals surface area contributed by atoms with Gasteiger partial charge in [-0.3, -0.25) is 14.4 Å². The SMILES string of the molecule is CCCC(C)N1CC=C[C@]23O[C@@H]4C=CCN(CCC)C(=O)[C@@H]4[C@H]2C(=O)N([C@@H](CO)CC(C)C)C3C1=O. The van der Waals surface area contributed by atoms with Crippen LogP contribution in [0.1, 0.15) is 60.3 Å². The maximum Gasteiger partial charge on any atom is 0.249 e. The van der Waals surface area contributed by atoms with Crippen LogP contribution >= 0.6 is 0 Å². The van der Waals surface area contributed by atoms with Gasteiger partial charge in [0.05, 0.1) is 30.6 Å². The molecule has 2 saturated heterocycles. The highest BCUT2D eigenvalue weighted by molar-refractivity contribution is 6.00. The van der Waals surface area contributed by atoms with E-state index >= 15 is 0 Å². The highest BCUT2D eigenvalue weighted by atomic mass is 16.5. The van der Waals surface area contributed by atoms with Gasteiger partial charge in [0.1, 0.15) is 11.6 Å². The van der Waals surface area contributed by atoms with E-state index in [2.05, 4.69) is 6.92 Å². The molecule has 0 radical (unpaired) electrons. The van der Waals surface area contributed by atoms with Crippen LogP contribution in [0, 0.1) is 17.8 Å². The molecule has 3 amide bonds. The maximum atomic E-state index is 14.3. The monoisotopic (exact) mass is 501 g/mol. The van der Waals surface area contributed by atoms with Crippen molar-refractivity contribution in [1.82, 2.24) is 14.7 Å². The van der Waals surface area contributed by atoms with Gasteiger partial charge >= 0.3 is 0 Å². The number of nitrogens with zero attached hydrogens (tertiary/aromatic N) is 3. The number of likely N-dealkylation sites (tertiary alicyclic amines) is 1. The van der Waals surface area contributed by atoms with Gasteiger partial charge in [0.15, 0.2) is 0 Å². The largest absolute Gasteiger partial charge is 0.394 e. The summed E-state index contributed by atoms with van der Waals surface area (Å²) in [7, 11) is 0. The zero-order chi connectivity index (χ0) is 26.2. The summed E-state index contributed by atoms with van der Waals surface area (Å²) in [5.41, 5.74) is -1.23. The Balaban J connectivity index is 1.83. The van der Waals surface area contributed by atoms with E-state index in [9.17, 15) is 19.5 Å². The maximum absolute atomic E-state index is 14.3. The van der Waals surface area contributed by atoms with Crippen molar-refractivity contribution in [2.24, 2.45) is 17.8 Å². The molecule has 0 aromatic heterocycles. The highest BCUT2D eigenvalue weighted by Gasteiger charge is 2.72. The van der Waals surface area contributed by atoms with E-state index in [4.69, 9.17) is 4.74 Å². The second-order valence-corrected chi connectivity index (χ2v) is 11.3. The number of rotatable bonds is 9. The van der Waals surface area contributed by atoms with Crippen LogP contribution in [0.4, 0.5) is 0 Å². The molecule has 2 unspecified atom stereocenters. The van der Waals surface area contributed by atoms with Crippen molar-refractivity contribution in [3.63, 3.8) is 0 Å². The molecular weight excluding hydrogens is 458 g/mol. The third-order valence-electron chi connectivity index (χ3n) is 8.29. The molecule has 7 atom stereocenters. The number of fused-ring (bicyclic) bond motifs is 2. The first kappa shape index (κ1) is 26.9. The Morgan fingerprint density at radius 3 is 2.44 bits per heavy atom. The third kappa shape index (κ3) is 4.30. The molecule has 0 saturated carbocycles. The van der Waals surface area contributed by atoms with Crippen LogP contribution in [0.5, 0.6) is 0 Å². The molecule has 0 bridgehead atoms. The van der Waals surface area contributed by atoms with Crippen molar-refractivity contribution in [2.45, 2.75) is 90.1 Å². The van der Waals surface area contributed by atoms with Crippen LogP contribution < -0.4 is 0 Å². The molecule has 4 rings (SSSR count). The third-order valence-corrected chi connectivity index (χ3v) is 8.29. The zero-order valence-electron chi connectivity index (χ0n) is 22.4. The van der Waals surface area contributed by atoms with Gasteiger partial charge in [-0.1, -0.05) is 58.4 Å². The van der Waals surface area contributed by atoms with Gasteiger partial charge in [-0.15, -0.1) is 0 Å². The Morgan fingerprint density at radius 2 is 1.81 bits per heavy atom. The number of hydrogen-bond donors (Lipinski definition) is 1. The fraction of sp³-hybridized carbons (Fsp3) is 0.750. The number of carbonyl (C=O) groups excluding carboxylic acids is 3. The molecule has 2 fully saturated rings. The van der Waals surface area contributed by atoms with E-state index in [1.165, 1.54) is 0 Å². The molecular formula is C28H43N3O5. The van der Waals surface area contributed by atoms with E-state index in [-0.39, 0.29) is 36.3 Å². The summed E-state index contributed by atoms with van der Waals surface area (Å²) in [4.78, 5) is 47.6. The number of ether oxygens (including phenoxy) is 1. The summed E-state index contributed by atoms with van der Waals surface area (Å²) >= 11 is 0. The first-order chi connectivity index (χ1) is 17.2. The number of aliphatic hydroxyl groups is 1. The van der Waals surface area contributed by atoms with Gasteiger partial charge in [-0.2, -0.15) is 0 Å². The zero-order valence-corrected chi connectivity index (χ0v) is 22.4. The summed E-state index contributed by atoms with van der Waals surface area (Å²) in [5.74, 6) is -1.77. The molecule has 200 valence electrons. The van der Waals surface area contributed by atoms with Gasteiger partial charge in [-0.25, -0.2) is 0 Å². The Morgan fingerprint density at radius 1 is 1.06 bits per heavy atom. The fourth-order valence-corrected chi connectivity index (χ4v) is 6.80. The molecule has 36 heavy (non-hydrogen) atoms. The molecule has 4 heterocycles. The normalized spacial score (nSPS) is 33.5. The lowest BCUT2D eigenvalue weighted by Crippen LogP contribution is -2.59. The Hall–Kier alpha value is -2.19. The standard InChI is InChI=1S/C28H43N3O5/c1-6-10-19(5)30-15-9-12-28-23(22-21(36-28)11-8-14-29(13-7-2)25(22)33)26(34)31(24(28)27(30)35)20(17-32)16-18(3)4/h8-9,11-12,18-24,32H,6-7,10,13-17H2,1-5H3/t19?,20-,21-,22+,23+,24?,28+/m1/s1. The van der Waals surface area contributed by atoms with Crippen LogP contribution in [0.3, 0.4) is 0 Å². The second kappa shape index (κ2) is 10.7. The molecule has 1 spiro atoms. The van der Waals surface area contributed by atoms with Crippen molar-refractivity contribution in [3.8, 4) is 0 Å². The Labute approximate surface area is 215 Å². The summed E-state index contributed by atoms with van der Waals surface area (Å²) < 4.78 is 6.68. The topological polar surface area (TPSA) is 90.4 Å². The van der Waals surface area contributed by atoms with Crippen molar-refractivity contribution in [1.29, 1.82) is 0 Å². The fourth-order valence-electron chi connectivity index (χ4n) is 6.80. The first-order valence-electron chi connectivity index (χ1n) is 13.8. The van der Waals surface area contributed by atoms with E-state index in [1.807, 2.05) is 56.9 Å². The second-order valence-electron chi connectivity index (χ2n) is 11.3. The van der Waals surface area contributed by atoms with Crippen LogP contribution in [0.25, 0.3) is 0 Å². The minimum absolute atomic E-state index is 0.00410. The van der Waals surface area contributed by atoms with Crippen LogP contribution in [-0.2, 0) is 19.1 Å². The highest BCUT2D eigenvalue weighted by Crippen LogP contribution is 2.54. The summed E-state index contributed by atoms with van der Waals surface area (Å²) in [5, 5.41) is 10.4. The van der Waals surface area contributed by atoms with Gasteiger partial charge in [0.2, 0.25) is 17.7 Å². The molecule has 4 aliphatic rings. The minimum atomic E-state index is -1.23. The van der Waals surface area contributed by atoms with E-state index in [0.717, 1.165) is 19.3 Å². The van der Waals surface area contributed by atoms with Gasteiger partial charge in [0, 0.05) is 25.7 Å². The summed E-state index contributed by atoms with van der Waals surface area (Å²) in [6.45, 7) is 11.5. The van der Waals surface area contributed by atoms with Crippen molar-refractivity contribution in [2.75, 3.05) is 26.2 Å². The predicted octanol–water partition coefficient (Wildman–Crippen LogP) is 2.37. The van der Waals surface area contributed by atoms with Gasteiger partial charge in [0.25, 0.3) is 0 Å². The van der Waals surface area contributed by atoms with Crippen molar-refractivity contribution < 1.29 is 24.2 Å². The number of hydrogen-bond acceptors (Lipinski definition) is 5. The van der Waals surface area contributed by atoms with E-state index in [1.54, 1.807) is 9.80 Å². The van der Waals surface area contributed by atoms with Crippen LogP contribution in [-0.4, -0.2) is 93.6 Å². The Kier molecular flexibility index (Phi) is 7.95. The summed E-state index contributed by atoms with van der Waals surface area (Å²) in [6, 6.07) is -1.42. The molecule has 8 heteroatoms. The average Bonchev–Trinajstić information content (AvgIpc) is 3.15. The number of amides is 3. The van der Waals surface area contributed by atoms with E-state index < -0.39 is 35.6 Å². The lowest BCUT2D eigenvalue weighted by atomic mass is 9.77. The molecule has 0 aromatic rings. The summed E-state index contributed by atoms with van der Waals surface area (Å²) in [6.07, 6.45) is 10.3. The quantitative estimate of drug-likeness (QED) is 0.490. The van der Waals surface area contributed by atoms with Crippen molar-refractivity contribution in [3.05, 3.63) is 24.3 Å². The number of carbonyl (C=O) groups is 3. The molecule has 8 nitrogen and oxygen atoms in total. The van der Waals surface area contributed by atoms with Gasteiger partial charge < -0.3 is 24.5 Å². The Bertz CT molecular complexity index is 917. The predicted molar refractivity (Wildman–Crippen MR) is 137 cm³/mol. The molecule has 1 N–H and O–H groups in total. The van der Waals surface area contributed by atoms with Crippen molar-refractivity contribution >= 4 is 17.7 Å². The molecule has 0 aliphatic carbocycles. The number of aliphatic hydroxyl groups excluding tert-OH is 1. The van der Waals surface area contributed by atoms with Gasteiger partial charge in [-0.05, 0) is 32.1 Å². The molecule has 0 aromatic carbocycles. The smallest absolute Gasteiger partial charge is 0.249 e. The van der Waals surface area contributed by atoms with Crippen LogP contribution in [0.15, 0.2) is 24.3 Å². The lowest BCUT2D eigenvalue weighted by Gasteiger charge is -2.40. The minimum Gasteiger partial charge on any atom is -0.394 e. The van der Waals surface area contributed by atoms with E-state index in [0.29, 0.717) is 26.1 Å². The first-order valence-corrected chi connectivity index (χ1v) is 13.8.